The van der Waals surface area contributed by atoms with E-state index in [2.05, 4.69) is 9.44 Å². The summed E-state index contributed by atoms with van der Waals surface area (Å²) in [7, 11) is -4.94. The first-order chi connectivity index (χ1) is 13.0. The molecule has 0 amide bonds. The predicted octanol–water partition coefficient (Wildman–Crippen LogP) is -1.69. The van der Waals surface area contributed by atoms with Crippen LogP contribution in [0.2, 0.25) is 0 Å². The van der Waals surface area contributed by atoms with Crippen molar-refractivity contribution in [3.05, 3.63) is 23.8 Å². The van der Waals surface area contributed by atoms with Crippen LogP contribution in [-0.4, -0.2) is 85.1 Å². The number of rotatable bonds is 6. The Balaban J connectivity index is 2.24. The van der Waals surface area contributed by atoms with Crippen LogP contribution in [-0.2, 0) is 25.8 Å². The second-order valence-corrected chi connectivity index (χ2v) is 7.98. The number of aromatic hydroxyl groups is 2. The van der Waals surface area contributed by atoms with E-state index in [0.717, 1.165) is 6.07 Å². The van der Waals surface area contributed by atoms with Gasteiger partial charge in [-0.2, -0.15) is 8.42 Å². The lowest BCUT2D eigenvalue weighted by Gasteiger charge is -2.39. The average Bonchev–Trinajstić information content (AvgIpc) is 2.62. The van der Waals surface area contributed by atoms with Crippen molar-refractivity contribution in [3.8, 4) is 11.5 Å². The van der Waals surface area contributed by atoms with Crippen LogP contribution in [0.4, 0.5) is 0 Å². The summed E-state index contributed by atoms with van der Waals surface area (Å²) in [5.41, 5.74) is -0.949. The molecule has 0 saturated carbocycles. The Kier molecular flexibility index (Phi) is 7.46. The van der Waals surface area contributed by atoms with Gasteiger partial charge in [-0.1, -0.05) is 23.0 Å². The van der Waals surface area contributed by atoms with E-state index >= 15 is 0 Å². The van der Waals surface area contributed by atoms with Gasteiger partial charge >= 0.3 is 10.4 Å². The van der Waals surface area contributed by atoms with E-state index in [1.807, 2.05) is 0 Å². The van der Waals surface area contributed by atoms with Crippen LogP contribution in [0.15, 0.2) is 23.4 Å². The third-order valence-electron chi connectivity index (χ3n) is 3.73. The van der Waals surface area contributed by atoms with Crippen molar-refractivity contribution in [1.82, 2.24) is 0 Å². The maximum Gasteiger partial charge on any atom is 0.466 e. The second kappa shape index (κ2) is 9.23. The van der Waals surface area contributed by atoms with Crippen LogP contribution >= 0.6 is 11.8 Å². The molecule has 5 atom stereocenters. The zero-order valence-electron chi connectivity index (χ0n) is 14.1. The van der Waals surface area contributed by atoms with Crippen LogP contribution in [0.5, 0.6) is 11.5 Å². The van der Waals surface area contributed by atoms with Gasteiger partial charge < -0.3 is 35.4 Å². The maximum absolute atomic E-state index is 10.8. The Morgan fingerprint density at radius 3 is 2.39 bits per heavy atom. The van der Waals surface area contributed by atoms with Gasteiger partial charge in [0.05, 0.1) is 6.61 Å². The summed E-state index contributed by atoms with van der Waals surface area (Å²) in [5.74, 6) is -0.844. The van der Waals surface area contributed by atoms with Crippen molar-refractivity contribution in [2.75, 3.05) is 6.61 Å². The zero-order valence-corrected chi connectivity index (χ0v) is 15.7. The van der Waals surface area contributed by atoms with Gasteiger partial charge in [0.2, 0.25) is 0 Å². The van der Waals surface area contributed by atoms with E-state index < -0.39 is 58.4 Å². The average molecular weight is 441 g/mol. The van der Waals surface area contributed by atoms with E-state index in [9.17, 15) is 39.1 Å². The van der Waals surface area contributed by atoms with Gasteiger partial charge in [0.1, 0.15) is 34.9 Å². The first-order valence-corrected chi connectivity index (χ1v) is 9.97. The topological polar surface area (TPSA) is 207 Å². The first kappa shape index (κ1) is 22.6. The van der Waals surface area contributed by atoms with E-state index in [1.54, 1.807) is 0 Å². The summed E-state index contributed by atoms with van der Waals surface area (Å²) in [5, 5.41) is 60.9. The fraction of sp³-hybridized carbons (Fsp3) is 0.500. The van der Waals surface area contributed by atoms with Gasteiger partial charge in [-0.25, -0.2) is 4.28 Å². The summed E-state index contributed by atoms with van der Waals surface area (Å²) in [6.07, 6.45) is -6.27. The molecular weight excluding hydrogens is 422 g/mol. The molecule has 12 nitrogen and oxygen atoms in total. The lowest BCUT2D eigenvalue weighted by molar-refractivity contribution is -0.205. The molecule has 1 aliphatic heterocycles. The number of phenols is 2. The molecule has 14 heteroatoms. The fourth-order valence-corrected chi connectivity index (χ4v) is 3.67. The standard InChI is InChI=1S/C14H19NO11S2/c16-5-9-11(19)12(20)13(21)14(25-9)27-10(15-26-28(22,23)24)4-6-1-2-7(17)8(18)3-6/h1-3,9,11-14,16-21H,4-5H2,(H,22,23,24)/b15-10+/t9-,11-,12-,13+,14+/m0/s1. The van der Waals surface area contributed by atoms with E-state index in [-0.39, 0.29) is 11.5 Å². The summed E-state index contributed by atoms with van der Waals surface area (Å²) >= 11 is 0.595. The maximum atomic E-state index is 10.8. The fourth-order valence-electron chi connectivity index (χ4n) is 2.34. The number of hydrogen-bond donors (Lipinski definition) is 7. The Bertz CT molecular complexity index is 814. The van der Waals surface area contributed by atoms with E-state index in [0.29, 0.717) is 17.3 Å². The Morgan fingerprint density at radius 1 is 1.14 bits per heavy atom. The van der Waals surface area contributed by atoms with Crippen LogP contribution < -0.4 is 0 Å². The molecule has 0 bridgehead atoms. The number of nitrogens with zero attached hydrogens (tertiary/aromatic N) is 1. The smallest absolute Gasteiger partial charge is 0.466 e. The minimum atomic E-state index is -4.94. The molecule has 2 rings (SSSR count). The highest BCUT2D eigenvalue weighted by Crippen LogP contribution is 2.31. The van der Waals surface area contributed by atoms with Gasteiger partial charge in [-0.15, -0.1) is 0 Å². The number of ether oxygens (including phenoxy) is 1. The minimum Gasteiger partial charge on any atom is -0.504 e. The number of thioether (sulfide) groups is 1. The molecule has 1 heterocycles. The molecule has 1 aromatic rings. The van der Waals surface area contributed by atoms with Gasteiger partial charge in [0.15, 0.2) is 11.5 Å². The molecule has 0 radical (unpaired) electrons. The highest BCUT2D eigenvalue weighted by Gasteiger charge is 2.44. The molecule has 1 saturated heterocycles. The number of aliphatic hydroxyl groups is 4. The Labute approximate surface area is 163 Å². The Hall–Kier alpha value is -1.65. The van der Waals surface area contributed by atoms with Crippen molar-refractivity contribution in [3.63, 3.8) is 0 Å². The SMILES string of the molecule is O=S(=O)(O)O/N=C(\Cc1ccc(O)c(O)c1)S[C@H]1O[C@@H](CO)[C@H](O)[C@H](O)[C@H]1O. The number of benzene rings is 1. The molecule has 1 aliphatic rings. The molecule has 1 fully saturated rings. The largest absolute Gasteiger partial charge is 0.504 e. The van der Waals surface area contributed by atoms with Gasteiger partial charge in [-0.05, 0) is 17.7 Å². The van der Waals surface area contributed by atoms with E-state index in [1.165, 1.54) is 12.1 Å². The quantitative estimate of drug-likeness (QED) is 0.0867. The monoisotopic (exact) mass is 441 g/mol. The van der Waals surface area contributed by atoms with Crippen molar-refractivity contribution in [1.29, 1.82) is 0 Å². The lowest BCUT2D eigenvalue weighted by Crippen LogP contribution is -2.57. The normalized spacial score (nSPS) is 28.9. The van der Waals surface area contributed by atoms with Crippen LogP contribution in [0.1, 0.15) is 5.56 Å². The van der Waals surface area contributed by atoms with Crippen LogP contribution in [0.25, 0.3) is 0 Å². The molecule has 0 aromatic heterocycles. The number of hydrogen-bond acceptors (Lipinski definition) is 12. The minimum absolute atomic E-state index is 0.174. The molecule has 7 N–H and O–H groups in total. The van der Waals surface area contributed by atoms with Gasteiger partial charge in [0, 0.05) is 6.42 Å². The van der Waals surface area contributed by atoms with Crippen molar-refractivity contribution in [2.24, 2.45) is 5.16 Å². The van der Waals surface area contributed by atoms with Gasteiger partial charge in [-0.3, -0.25) is 4.55 Å². The van der Waals surface area contributed by atoms with Crippen molar-refractivity contribution >= 4 is 27.2 Å². The van der Waals surface area contributed by atoms with Crippen molar-refractivity contribution < 1.29 is 52.6 Å². The zero-order chi connectivity index (χ0) is 21.1. The van der Waals surface area contributed by atoms with Crippen LogP contribution in [0.3, 0.4) is 0 Å². The molecule has 0 aliphatic carbocycles. The molecule has 0 spiro atoms. The lowest BCUT2D eigenvalue weighted by atomic mass is 10.0. The summed E-state index contributed by atoms with van der Waals surface area (Å²) in [6.45, 7) is -0.665. The number of phenolic OH excluding ortho intramolecular Hbond substituents is 2. The highest BCUT2D eigenvalue weighted by atomic mass is 32.3. The van der Waals surface area contributed by atoms with Crippen LogP contribution in [0, 0.1) is 0 Å². The molecule has 0 unspecified atom stereocenters. The Morgan fingerprint density at radius 2 is 1.82 bits per heavy atom. The predicted molar refractivity (Wildman–Crippen MR) is 94.9 cm³/mol. The van der Waals surface area contributed by atoms with E-state index in [4.69, 9.17) is 9.29 Å². The molecular formula is C14H19NO11S2. The third-order valence-corrected chi connectivity index (χ3v) is 5.11. The molecule has 28 heavy (non-hydrogen) atoms. The molecule has 1 aromatic carbocycles. The van der Waals surface area contributed by atoms with Gasteiger partial charge in [0.25, 0.3) is 0 Å². The third kappa shape index (κ3) is 5.92. The second-order valence-electron chi connectivity index (χ2n) is 5.80. The summed E-state index contributed by atoms with van der Waals surface area (Å²) < 4.78 is 39.6. The molecule has 158 valence electrons. The first-order valence-electron chi connectivity index (χ1n) is 7.72. The number of aliphatic hydroxyl groups excluding tert-OH is 4. The highest BCUT2D eigenvalue weighted by molar-refractivity contribution is 8.14. The number of oxime groups is 1. The van der Waals surface area contributed by atoms with Crippen molar-refractivity contribution in [2.45, 2.75) is 36.3 Å². The summed E-state index contributed by atoms with van der Waals surface area (Å²) in [4.78, 5) is 0. The summed E-state index contributed by atoms with van der Waals surface area (Å²) in [6, 6.07) is 3.71.